The quantitative estimate of drug-likeness (QED) is 0.834. The lowest BCUT2D eigenvalue weighted by atomic mass is 9.99. The summed E-state index contributed by atoms with van der Waals surface area (Å²) >= 11 is 6.31. The van der Waals surface area contributed by atoms with Crippen LogP contribution in [0.3, 0.4) is 0 Å². The van der Waals surface area contributed by atoms with Crippen LogP contribution in [-0.4, -0.2) is 32.9 Å². The first-order chi connectivity index (χ1) is 8.60. The zero-order chi connectivity index (χ0) is 13.7. The van der Waals surface area contributed by atoms with Crippen molar-refractivity contribution in [1.82, 2.24) is 5.32 Å². The Morgan fingerprint density at radius 3 is 2.50 bits per heavy atom. The summed E-state index contributed by atoms with van der Waals surface area (Å²) in [5, 5.41) is 13.6. The van der Waals surface area contributed by atoms with Crippen LogP contribution in [0.4, 0.5) is 0 Å². The maximum absolute atomic E-state index is 10.1. The molecule has 0 amide bonds. The van der Waals surface area contributed by atoms with Crippen molar-refractivity contribution in [3.63, 3.8) is 0 Å². The fraction of sp³-hybridized carbons (Fsp3) is 0.538. The first-order valence-corrected chi connectivity index (χ1v) is 6.24. The molecule has 0 fully saturated rings. The Hall–Kier alpha value is -0.970. The third kappa shape index (κ3) is 2.88. The molecule has 2 N–H and O–H groups in total. The summed E-state index contributed by atoms with van der Waals surface area (Å²) in [6.45, 7) is 2.45. The van der Waals surface area contributed by atoms with E-state index in [2.05, 4.69) is 5.32 Å². The van der Waals surface area contributed by atoms with Crippen LogP contribution in [0.15, 0.2) is 6.07 Å². The zero-order valence-electron chi connectivity index (χ0n) is 11.2. The highest BCUT2D eigenvalue weighted by molar-refractivity contribution is 6.33. The molecule has 0 saturated carbocycles. The smallest absolute Gasteiger partial charge is 0.179 e. The molecule has 0 saturated heterocycles. The van der Waals surface area contributed by atoms with Crippen molar-refractivity contribution in [2.24, 2.45) is 0 Å². The molecule has 0 spiro atoms. The molecule has 0 heterocycles. The van der Waals surface area contributed by atoms with Crippen LogP contribution in [0.25, 0.3) is 0 Å². The standard InChI is InChI=1S/C13H20ClNO3/c1-5-8-9(10(16)7-15-2)6-11(17-3)13(18-4)12(8)14/h6,10,15-16H,5,7H2,1-4H3. The predicted octanol–water partition coefficient (Wildman–Crippen LogP) is 2.17. The van der Waals surface area contributed by atoms with E-state index in [1.165, 1.54) is 0 Å². The van der Waals surface area contributed by atoms with Crippen molar-refractivity contribution in [2.75, 3.05) is 27.8 Å². The van der Waals surface area contributed by atoms with Crippen molar-refractivity contribution in [2.45, 2.75) is 19.4 Å². The van der Waals surface area contributed by atoms with Gasteiger partial charge in [0.25, 0.3) is 0 Å². The van der Waals surface area contributed by atoms with E-state index < -0.39 is 6.10 Å². The molecule has 0 aliphatic carbocycles. The van der Waals surface area contributed by atoms with Crippen molar-refractivity contribution in [1.29, 1.82) is 0 Å². The molecule has 18 heavy (non-hydrogen) atoms. The van der Waals surface area contributed by atoms with Gasteiger partial charge in [0.05, 0.1) is 25.3 Å². The van der Waals surface area contributed by atoms with Crippen molar-refractivity contribution in [3.8, 4) is 11.5 Å². The highest BCUT2D eigenvalue weighted by Gasteiger charge is 2.20. The Labute approximate surface area is 113 Å². The normalized spacial score (nSPS) is 12.3. The average Bonchev–Trinajstić information content (AvgIpc) is 2.37. The van der Waals surface area contributed by atoms with E-state index >= 15 is 0 Å². The number of likely N-dealkylation sites (N-methyl/N-ethyl adjacent to an activating group) is 1. The van der Waals surface area contributed by atoms with Gasteiger partial charge in [-0.25, -0.2) is 0 Å². The van der Waals surface area contributed by atoms with Gasteiger partial charge in [0.2, 0.25) is 0 Å². The Morgan fingerprint density at radius 2 is 2.06 bits per heavy atom. The third-order valence-corrected chi connectivity index (χ3v) is 3.26. The number of benzene rings is 1. The number of methoxy groups -OCH3 is 2. The minimum Gasteiger partial charge on any atom is -0.493 e. The summed E-state index contributed by atoms with van der Waals surface area (Å²) in [6, 6.07) is 1.78. The van der Waals surface area contributed by atoms with Crippen LogP contribution < -0.4 is 14.8 Å². The number of rotatable bonds is 6. The van der Waals surface area contributed by atoms with Crippen LogP contribution in [0.5, 0.6) is 11.5 Å². The summed E-state index contributed by atoms with van der Waals surface area (Å²) < 4.78 is 10.5. The largest absolute Gasteiger partial charge is 0.493 e. The van der Waals surface area contributed by atoms with E-state index in [1.807, 2.05) is 6.92 Å². The van der Waals surface area contributed by atoms with Crippen molar-refractivity contribution in [3.05, 3.63) is 22.2 Å². The van der Waals surface area contributed by atoms with Crippen LogP contribution in [0.2, 0.25) is 5.02 Å². The molecule has 1 atom stereocenters. The highest BCUT2D eigenvalue weighted by atomic mass is 35.5. The van der Waals surface area contributed by atoms with Gasteiger partial charge in [-0.3, -0.25) is 0 Å². The number of hydrogen-bond acceptors (Lipinski definition) is 4. The van der Waals surface area contributed by atoms with Gasteiger partial charge >= 0.3 is 0 Å². The maximum Gasteiger partial charge on any atom is 0.179 e. The lowest BCUT2D eigenvalue weighted by Gasteiger charge is -2.20. The van der Waals surface area contributed by atoms with E-state index in [1.54, 1.807) is 27.3 Å². The average molecular weight is 274 g/mol. The second-order valence-corrected chi connectivity index (χ2v) is 4.30. The van der Waals surface area contributed by atoms with E-state index in [4.69, 9.17) is 21.1 Å². The van der Waals surface area contributed by atoms with E-state index in [9.17, 15) is 5.11 Å². The van der Waals surface area contributed by atoms with Gasteiger partial charge in [-0.2, -0.15) is 0 Å². The molecule has 4 nitrogen and oxygen atoms in total. The predicted molar refractivity (Wildman–Crippen MR) is 72.8 cm³/mol. The monoisotopic (exact) mass is 273 g/mol. The SMILES string of the molecule is CCc1c(C(O)CNC)cc(OC)c(OC)c1Cl. The van der Waals surface area contributed by atoms with Gasteiger partial charge in [0.15, 0.2) is 11.5 Å². The lowest BCUT2D eigenvalue weighted by molar-refractivity contribution is 0.176. The molecule has 1 aromatic carbocycles. The minimum absolute atomic E-state index is 0.457. The number of halogens is 1. The first-order valence-electron chi connectivity index (χ1n) is 5.86. The van der Waals surface area contributed by atoms with E-state index in [0.29, 0.717) is 23.1 Å². The minimum atomic E-state index is -0.623. The van der Waals surface area contributed by atoms with Gasteiger partial charge in [0, 0.05) is 6.54 Å². The zero-order valence-corrected chi connectivity index (χ0v) is 12.0. The van der Waals surface area contributed by atoms with E-state index in [-0.39, 0.29) is 0 Å². The highest BCUT2D eigenvalue weighted by Crippen LogP contribution is 2.41. The number of aliphatic hydroxyl groups is 1. The third-order valence-electron chi connectivity index (χ3n) is 2.86. The number of nitrogens with one attached hydrogen (secondary N) is 1. The molecule has 0 radical (unpaired) electrons. The Balaban J connectivity index is 3.37. The summed E-state index contributed by atoms with van der Waals surface area (Å²) in [5.74, 6) is 1.04. The van der Waals surface area contributed by atoms with Gasteiger partial charge in [0.1, 0.15) is 0 Å². The molecular weight excluding hydrogens is 254 g/mol. The van der Waals surface area contributed by atoms with Crippen LogP contribution in [0.1, 0.15) is 24.2 Å². The number of aliphatic hydroxyl groups excluding tert-OH is 1. The second-order valence-electron chi connectivity index (χ2n) is 3.92. The Kier molecular flexibility index (Phi) is 5.72. The molecule has 1 aromatic rings. The van der Waals surface area contributed by atoms with Crippen LogP contribution >= 0.6 is 11.6 Å². The molecule has 0 bridgehead atoms. The van der Waals surface area contributed by atoms with Gasteiger partial charge in [-0.05, 0) is 30.7 Å². The van der Waals surface area contributed by atoms with E-state index in [0.717, 1.165) is 17.5 Å². The fourth-order valence-corrected chi connectivity index (χ4v) is 2.38. The van der Waals surface area contributed by atoms with Crippen LogP contribution in [-0.2, 0) is 6.42 Å². The molecule has 1 unspecified atom stereocenters. The lowest BCUT2D eigenvalue weighted by Crippen LogP contribution is -2.18. The molecule has 1 rings (SSSR count). The number of hydrogen-bond donors (Lipinski definition) is 2. The van der Waals surface area contributed by atoms with Crippen LogP contribution in [0, 0.1) is 0 Å². The van der Waals surface area contributed by atoms with Gasteiger partial charge in [-0.15, -0.1) is 0 Å². The molecule has 0 aliphatic heterocycles. The summed E-state index contributed by atoms with van der Waals surface area (Å²) in [6.07, 6.45) is 0.0946. The summed E-state index contributed by atoms with van der Waals surface area (Å²) in [5.41, 5.74) is 1.66. The molecule has 0 aromatic heterocycles. The summed E-state index contributed by atoms with van der Waals surface area (Å²) in [7, 11) is 4.89. The fourth-order valence-electron chi connectivity index (χ4n) is 1.97. The number of ether oxygens (including phenoxy) is 2. The molecule has 5 heteroatoms. The maximum atomic E-state index is 10.1. The summed E-state index contributed by atoms with van der Waals surface area (Å²) in [4.78, 5) is 0. The van der Waals surface area contributed by atoms with Crippen molar-refractivity contribution < 1.29 is 14.6 Å². The van der Waals surface area contributed by atoms with Crippen molar-refractivity contribution >= 4 is 11.6 Å². The van der Waals surface area contributed by atoms with Gasteiger partial charge < -0.3 is 19.9 Å². The Morgan fingerprint density at radius 1 is 1.39 bits per heavy atom. The van der Waals surface area contributed by atoms with Gasteiger partial charge in [-0.1, -0.05) is 18.5 Å². The first kappa shape index (κ1) is 15.1. The Bertz CT molecular complexity index is 410. The molecular formula is C13H20ClNO3. The molecule has 0 aliphatic rings. The topological polar surface area (TPSA) is 50.7 Å². The second kappa shape index (κ2) is 6.83. The molecule has 102 valence electrons.